The van der Waals surface area contributed by atoms with Gasteiger partial charge in [-0.3, -0.25) is 9.36 Å². The molecule has 1 aliphatic carbocycles. The first kappa shape index (κ1) is 24.8. The Morgan fingerprint density at radius 3 is 2.62 bits per heavy atom. The minimum absolute atomic E-state index is 0.0726. The molecule has 6 nitrogen and oxygen atoms in total. The minimum atomic E-state index is -0.300. The summed E-state index contributed by atoms with van der Waals surface area (Å²) in [5, 5.41) is 0. The number of allylic oxidation sites excluding steroid dienone is 1. The van der Waals surface area contributed by atoms with Gasteiger partial charge in [0.05, 0.1) is 30.5 Å². The van der Waals surface area contributed by atoms with Gasteiger partial charge in [0.15, 0.2) is 16.3 Å². The molecule has 2 heterocycles. The largest absolute Gasteiger partial charge is 0.493 e. The Kier molecular flexibility index (Phi) is 6.55. The van der Waals surface area contributed by atoms with E-state index in [9.17, 15) is 4.79 Å². The van der Waals surface area contributed by atoms with Gasteiger partial charge < -0.3 is 14.2 Å². The van der Waals surface area contributed by atoms with Crippen molar-refractivity contribution in [2.45, 2.75) is 18.9 Å². The second-order valence-electron chi connectivity index (χ2n) is 9.29. The maximum Gasteiger partial charge on any atom is 0.271 e. The number of nitrogens with zero attached hydrogens (tertiary/aromatic N) is 2. The highest BCUT2D eigenvalue weighted by Gasteiger charge is 2.33. The zero-order valence-electron chi connectivity index (χ0n) is 21.6. The summed E-state index contributed by atoms with van der Waals surface area (Å²) < 4.78 is 19.0. The quantitative estimate of drug-likeness (QED) is 0.345. The second-order valence-corrected chi connectivity index (χ2v) is 10.3. The van der Waals surface area contributed by atoms with Crippen LogP contribution in [0.15, 0.2) is 82.1 Å². The third-order valence-electron chi connectivity index (χ3n) is 7.10. The van der Waals surface area contributed by atoms with E-state index in [4.69, 9.17) is 25.6 Å². The minimum Gasteiger partial charge on any atom is -0.493 e. The van der Waals surface area contributed by atoms with Crippen LogP contribution in [0.25, 0.3) is 11.8 Å². The molecule has 3 aromatic carbocycles. The lowest BCUT2D eigenvalue weighted by molar-refractivity contribution is 0.354. The van der Waals surface area contributed by atoms with Crippen LogP contribution < -0.4 is 29.1 Å². The average Bonchev–Trinajstić information content (AvgIpc) is 3.29. The van der Waals surface area contributed by atoms with E-state index in [1.54, 1.807) is 14.2 Å². The number of methoxy groups -OCH3 is 2. The van der Waals surface area contributed by atoms with Crippen molar-refractivity contribution in [1.29, 1.82) is 0 Å². The Bertz CT molecular complexity index is 1820. The van der Waals surface area contributed by atoms with Crippen LogP contribution in [-0.2, 0) is 6.42 Å². The predicted octanol–water partition coefficient (Wildman–Crippen LogP) is 4.35. The number of benzene rings is 3. The number of hydrogen-bond acceptors (Lipinski definition) is 6. The van der Waals surface area contributed by atoms with Crippen LogP contribution in [0.2, 0.25) is 0 Å². The fourth-order valence-electron chi connectivity index (χ4n) is 5.28. The van der Waals surface area contributed by atoms with E-state index in [0.29, 0.717) is 26.6 Å². The molecule has 0 amide bonds. The molecule has 2 aliphatic rings. The van der Waals surface area contributed by atoms with Gasteiger partial charge >= 0.3 is 0 Å². The lowest BCUT2D eigenvalue weighted by Gasteiger charge is -2.31. The first-order valence-electron chi connectivity index (χ1n) is 12.6. The second kappa shape index (κ2) is 10.3. The Morgan fingerprint density at radius 1 is 1.05 bits per heavy atom. The number of rotatable bonds is 6. The zero-order chi connectivity index (χ0) is 26.9. The lowest BCUT2D eigenvalue weighted by atomic mass is 9.83. The number of aromatic nitrogens is 1. The Hall–Kier alpha value is -4.54. The van der Waals surface area contributed by atoms with Crippen LogP contribution in [0.1, 0.15) is 34.7 Å². The van der Waals surface area contributed by atoms with Crippen molar-refractivity contribution in [3.8, 4) is 29.6 Å². The number of fused-ring (bicyclic) bond motifs is 3. The normalized spacial score (nSPS) is 15.9. The Balaban J connectivity index is 1.54. The van der Waals surface area contributed by atoms with Crippen molar-refractivity contribution < 1.29 is 14.2 Å². The predicted molar refractivity (Wildman–Crippen MR) is 153 cm³/mol. The first-order valence-corrected chi connectivity index (χ1v) is 13.4. The van der Waals surface area contributed by atoms with Gasteiger partial charge in [-0.1, -0.05) is 59.7 Å². The molecule has 0 bridgehead atoms. The fraction of sp³-hybridized carbons (Fsp3) is 0.188. The van der Waals surface area contributed by atoms with Crippen LogP contribution in [0.5, 0.6) is 17.2 Å². The van der Waals surface area contributed by atoms with Gasteiger partial charge in [-0.25, -0.2) is 4.99 Å². The van der Waals surface area contributed by atoms with Crippen LogP contribution in [-0.4, -0.2) is 25.4 Å². The molecule has 0 unspecified atom stereocenters. The van der Waals surface area contributed by atoms with E-state index in [1.807, 2.05) is 59.2 Å². The summed E-state index contributed by atoms with van der Waals surface area (Å²) >= 11 is 1.40. The van der Waals surface area contributed by atoms with Gasteiger partial charge in [0.2, 0.25) is 0 Å². The van der Waals surface area contributed by atoms with Crippen molar-refractivity contribution >= 4 is 23.1 Å². The van der Waals surface area contributed by atoms with Gasteiger partial charge in [-0.05, 0) is 65.4 Å². The maximum absolute atomic E-state index is 14.0. The fourth-order valence-corrected chi connectivity index (χ4v) is 6.28. The van der Waals surface area contributed by atoms with E-state index in [2.05, 4.69) is 24.1 Å². The molecule has 0 N–H and O–H groups in total. The third kappa shape index (κ3) is 4.43. The van der Waals surface area contributed by atoms with Crippen LogP contribution in [0, 0.1) is 12.3 Å². The summed E-state index contributed by atoms with van der Waals surface area (Å²) in [4.78, 5) is 19.7. The van der Waals surface area contributed by atoms with Gasteiger partial charge in [0, 0.05) is 5.56 Å². The molecule has 1 aromatic heterocycles. The first-order chi connectivity index (χ1) is 19.1. The highest BCUT2D eigenvalue weighted by molar-refractivity contribution is 7.07. The van der Waals surface area contributed by atoms with Crippen LogP contribution >= 0.6 is 11.3 Å². The molecule has 0 saturated heterocycles. The molecule has 0 fully saturated rings. The summed E-state index contributed by atoms with van der Waals surface area (Å²) in [5.74, 6) is 4.42. The van der Waals surface area contributed by atoms with Crippen LogP contribution in [0.4, 0.5) is 0 Å². The summed E-state index contributed by atoms with van der Waals surface area (Å²) in [6.07, 6.45) is 8.90. The molecular formula is C32H26N2O4S. The molecule has 0 spiro atoms. The highest BCUT2D eigenvalue weighted by Crippen LogP contribution is 2.42. The molecular weight excluding hydrogens is 508 g/mol. The highest BCUT2D eigenvalue weighted by atomic mass is 32.1. The number of ether oxygens (including phenoxy) is 3. The van der Waals surface area contributed by atoms with Gasteiger partial charge in [0.25, 0.3) is 5.56 Å². The topological polar surface area (TPSA) is 62.0 Å². The maximum atomic E-state index is 14.0. The Morgan fingerprint density at radius 2 is 1.85 bits per heavy atom. The molecule has 0 saturated carbocycles. The van der Waals surface area contributed by atoms with E-state index in [0.717, 1.165) is 40.8 Å². The van der Waals surface area contributed by atoms with E-state index < -0.39 is 0 Å². The van der Waals surface area contributed by atoms with Crippen molar-refractivity contribution in [3.63, 3.8) is 0 Å². The van der Waals surface area contributed by atoms with Gasteiger partial charge in [-0.15, -0.1) is 6.42 Å². The smallest absolute Gasteiger partial charge is 0.271 e. The van der Waals surface area contributed by atoms with E-state index in [-0.39, 0.29) is 18.2 Å². The molecule has 6 rings (SSSR count). The summed E-state index contributed by atoms with van der Waals surface area (Å²) in [5.41, 5.74) is 6.27. The molecule has 1 aliphatic heterocycles. The van der Waals surface area contributed by atoms with E-state index >= 15 is 0 Å². The summed E-state index contributed by atoms with van der Waals surface area (Å²) in [7, 11) is 3.24. The molecule has 0 radical (unpaired) electrons. The molecule has 7 heteroatoms. The molecule has 1 atom stereocenters. The number of thiazole rings is 1. The van der Waals surface area contributed by atoms with E-state index in [1.165, 1.54) is 16.9 Å². The van der Waals surface area contributed by atoms with Crippen molar-refractivity contribution in [1.82, 2.24) is 4.57 Å². The Labute approximate surface area is 230 Å². The van der Waals surface area contributed by atoms with Crippen LogP contribution in [0.3, 0.4) is 0 Å². The number of hydrogen-bond donors (Lipinski definition) is 0. The summed E-state index contributed by atoms with van der Waals surface area (Å²) in [6.45, 7) is 0.210. The SMILES string of the molecule is C#CCOc1ccc(/C=c2/sc3n(c2=O)[C@@H](c2ccc(OC)c(OC)c2)C2=C(N=3)c3ccccc3CC2)cc1. The zero-order valence-corrected chi connectivity index (χ0v) is 22.5. The monoisotopic (exact) mass is 534 g/mol. The average molecular weight is 535 g/mol. The number of aryl methyl sites for hydroxylation is 1. The molecule has 39 heavy (non-hydrogen) atoms. The van der Waals surface area contributed by atoms with Gasteiger partial charge in [0.1, 0.15) is 12.4 Å². The molecule has 4 aromatic rings. The standard InChI is InChI=1S/C32H26N2O4S/c1-4-17-38-23-13-9-20(10-14-23)18-28-31(35)34-30(22-12-16-26(36-2)27(19-22)37-3)25-15-11-21-7-5-6-8-24(21)29(25)33-32(34)39-28/h1,5-10,12-14,16,18-19,30H,11,15,17H2,2-3H3/b28-18+/t30-/m0/s1. The molecule has 194 valence electrons. The summed E-state index contributed by atoms with van der Waals surface area (Å²) in [6, 6.07) is 21.5. The number of terminal acetylenes is 1. The van der Waals surface area contributed by atoms with Gasteiger partial charge in [-0.2, -0.15) is 0 Å². The van der Waals surface area contributed by atoms with Crippen molar-refractivity contribution in [2.75, 3.05) is 20.8 Å². The third-order valence-corrected chi connectivity index (χ3v) is 8.08. The van der Waals surface area contributed by atoms with Crippen molar-refractivity contribution in [3.05, 3.63) is 114 Å². The van der Waals surface area contributed by atoms with Crippen molar-refractivity contribution in [2.24, 2.45) is 4.99 Å². The lowest BCUT2D eigenvalue weighted by Crippen LogP contribution is -2.38.